The van der Waals surface area contributed by atoms with E-state index < -0.39 is 57.5 Å². The van der Waals surface area contributed by atoms with E-state index >= 15 is 0 Å². The minimum absolute atomic E-state index is 0.107. The number of carbonyl (C=O) groups is 4. The van der Waals surface area contributed by atoms with Crippen molar-refractivity contribution >= 4 is 33.9 Å². The van der Waals surface area contributed by atoms with Crippen molar-refractivity contribution < 1.29 is 51.6 Å². The molecule has 1 rings (SSSR count). The van der Waals surface area contributed by atoms with Gasteiger partial charge in [-0.2, -0.15) is 4.31 Å². The molecular weight excluding hydrogens is 570 g/mol. The van der Waals surface area contributed by atoms with Gasteiger partial charge in [0.25, 0.3) is 5.60 Å². The number of hydrogen-bond acceptors (Lipinski definition) is 11. The van der Waals surface area contributed by atoms with Gasteiger partial charge in [0.05, 0.1) is 31.3 Å². The maximum atomic E-state index is 13.8. The number of benzene rings is 1. The Morgan fingerprint density at radius 3 is 1.71 bits per heavy atom. The standard InChI is InChI=1S/C29H41NO11S/c1-8-38-25(31)24(26(32)39-9-2)18-22(29(35,27(33)40-10-3)28(34)41-11-4)19-30(17-16-20(5)6)42(36,37)23-14-12-21(7)13-15-23/h12-16,18,22,35H,8-11,17,19H2,1-7H3. The van der Waals surface area contributed by atoms with Gasteiger partial charge in [-0.05, 0) is 60.6 Å². The molecule has 0 heterocycles. The Morgan fingerprint density at radius 1 is 0.857 bits per heavy atom. The van der Waals surface area contributed by atoms with Crippen molar-refractivity contribution in [3.63, 3.8) is 0 Å². The first kappa shape index (κ1) is 36.5. The summed E-state index contributed by atoms with van der Waals surface area (Å²) in [5.74, 6) is -7.16. The van der Waals surface area contributed by atoms with Crippen LogP contribution in [0.1, 0.15) is 47.1 Å². The minimum atomic E-state index is -4.33. The molecule has 0 fully saturated rings. The number of aliphatic hydroxyl groups is 1. The summed E-state index contributed by atoms with van der Waals surface area (Å²) >= 11 is 0. The van der Waals surface area contributed by atoms with Gasteiger partial charge in [-0.25, -0.2) is 27.6 Å². The fraction of sp³-hybridized carbons (Fsp3) is 0.517. The molecular formula is C29H41NO11S. The SMILES string of the molecule is CCOC(=O)C(=CC(CN(CC=C(C)C)S(=O)(=O)c1ccc(C)cc1)C(O)(C(=O)OCC)C(=O)OCC)C(=O)OCC. The Hall–Kier alpha value is -3.55. The molecule has 0 spiro atoms. The Labute approximate surface area is 247 Å². The number of sulfonamides is 1. The van der Waals surface area contributed by atoms with Gasteiger partial charge in [-0.3, -0.25) is 0 Å². The number of rotatable bonds is 16. The highest BCUT2D eigenvalue weighted by Crippen LogP contribution is 2.29. The zero-order chi connectivity index (χ0) is 32.1. The minimum Gasteiger partial charge on any atom is -0.463 e. The zero-order valence-electron chi connectivity index (χ0n) is 25.2. The second-order valence-corrected chi connectivity index (χ2v) is 11.2. The van der Waals surface area contributed by atoms with Crippen molar-refractivity contribution in [1.82, 2.24) is 4.31 Å². The zero-order valence-corrected chi connectivity index (χ0v) is 26.0. The van der Waals surface area contributed by atoms with Crippen LogP contribution in [-0.2, 0) is 48.1 Å². The lowest BCUT2D eigenvalue weighted by molar-refractivity contribution is -0.188. The lowest BCUT2D eigenvalue weighted by atomic mass is 9.85. The molecule has 0 saturated carbocycles. The quantitative estimate of drug-likeness (QED) is 0.0730. The molecule has 13 heteroatoms. The lowest BCUT2D eigenvalue weighted by Crippen LogP contribution is -2.57. The molecule has 0 saturated heterocycles. The predicted molar refractivity (Wildman–Crippen MR) is 152 cm³/mol. The number of nitrogens with zero attached hydrogens (tertiary/aromatic N) is 1. The van der Waals surface area contributed by atoms with E-state index in [1.165, 1.54) is 39.8 Å². The molecule has 0 bridgehead atoms. The molecule has 0 amide bonds. The monoisotopic (exact) mass is 611 g/mol. The van der Waals surface area contributed by atoms with Gasteiger partial charge in [-0.15, -0.1) is 0 Å². The Bertz CT molecular complexity index is 1220. The molecule has 0 aliphatic heterocycles. The molecule has 1 aromatic rings. The Morgan fingerprint density at radius 2 is 1.31 bits per heavy atom. The van der Waals surface area contributed by atoms with Crippen molar-refractivity contribution in [2.75, 3.05) is 39.5 Å². The highest BCUT2D eigenvalue weighted by atomic mass is 32.2. The first-order valence-electron chi connectivity index (χ1n) is 13.5. The van der Waals surface area contributed by atoms with Gasteiger partial charge < -0.3 is 24.1 Å². The summed E-state index contributed by atoms with van der Waals surface area (Å²) in [7, 11) is -4.33. The van der Waals surface area contributed by atoms with Crippen LogP contribution in [-0.4, -0.2) is 86.8 Å². The molecule has 1 atom stereocenters. The normalized spacial score (nSPS) is 12.1. The number of hydrogen-bond donors (Lipinski definition) is 1. The van der Waals surface area contributed by atoms with Crippen LogP contribution in [0.25, 0.3) is 0 Å². The maximum absolute atomic E-state index is 13.8. The largest absolute Gasteiger partial charge is 0.463 e. The lowest BCUT2D eigenvalue weighted by Gasteiger charge is -2.33. The summed E-state index contributed by atoms with van der Waals surface area (Å²) in [6, 6.07) is 5.96. The summed E-state index contributed by atoms with van der Waals surface area (Å²) < 4.78 is 48.5. The Balaban J connectivity index is 4.06. The molecule has 1 aromatic carbocycles. The van der Waals surface area contributed by atoms with E-state index in [2.05, 4.69) is 0 Å². The van der Waals surface area contributed by atoms with Crippen LogP contribution in [0.2, 0.25) is 0 Å². The third kappa shape index (κ3) is 9.50. The van der Waals surface area contributed by atoms with Crippen molar-refractivity contribution in [3.05, 3.63) is 53.1 Å². The maximum Gasteiger partial charge on any atom is 0.350 e. The summed E-state index contributed by atoms with van der Waals surface area (Å²) in [6.07, 6.45) is 2.38. The number of carbonyl (C=O) groups excluding carboxylic acids is 4. The van der Waals surface area contributed by atoms with Crippen molar-refractivity contribution in [3.8, 4) is 0 Å². The molecule has 0 aliphatic carbocycles. The summed E-state index contributed by atoms with van der Waals surface area (Å²) in [6.45, 7) is 9.26. The first-order chi connectivity index (χ1) is 19.7. The van der Waals surface area contributed by atoms with Crippen LogP contribution in [0.15, 0.2) is 52.5 Å². The van der Waals surface area contributed by atoms with Crippen LogP contribution < -0.4 is 0 Å². The van der Waals surface area contributed by atoms with Crippen LogP contribution >= 0.6 is 0 Å². The fourth-order valence-corrected chi connectivity index (χ4v) is 5.05. The van der Waals surface area contributed by atoms with Gasteiger partial charge >= 0.3 is 23.9 Å². The van der Waals surface area contributed by atoms with Gasteiger partial charge in [0.1, 0.15) is 5.57 Å². The van der Waals surface area contributed by atoms with E-state index in [0.29, 0.717) is 0 Å². The fourth-order valence-electron chi connectivity index (χ4n) is 3.65. The summed E-state index contributed by atoms with van der Waals surface area (Å²) in [5.41, 5.74) is -2.39. The Kier molecular flexibility index (Phi) is 14.6. The van der Waals surface area contributed by atoms with Gasteiger partial charge in [-0.1, -0.05) is 35.4 Å². The number of esters is 4. The highest BCUT2D eigenvalue weighted by Gasteiger charge is 2.54. The number of ether oxygens (including phenoxy) is 4. The van der Waals surface area contributed by atoms with Gasteiger partial charge in [0, 0.05) is 19.0 Å². The van der Waals surface area contributed by atoms with Crippen LogP contribution in [0.5, 0.6) is 0 Å². The number of aryl methyl sites for hydroxylation is 1. The first-order valence-corrected chi connectivity index (χ1v) is 15.0. The average molecular weight is 612 g/mol. The van der Waals surface area contributed by atoms with E-state index in [1.807, 2.05) is 0 Å². The molecule has 42 heavy (non-hydrogen) atoms. The van der Waals surface area contributed by atoms with Gasteiger partial charge in [0.15, 0.2) is 0 Å². The summed E-state index contributed by atoms with van der Waals surface area (Å²) in [5, 5.41) is 11.7. The molecule has 0 aromatic heterocycles. The summed E-state index contributed by atoms with van der Waals surface area (Å²) in [4.78, 5) is 51.9. The predicted octanol–water partition coefficient (Wildman–Crippen LogP) is 2.48. The molecule has 0 aliphatic rings. The second kappa shape index (κ2) is 16.8. The van der Waals surface area contributed by atoms with E-state index in [9.17, 15) is 32.7 Å². The van der Waals surface area contributed by atoms with E-state index in [-0.39, 0.29) is 37.9 Å². The third-order valence-electron chi connectivity index (χ3n) is 5.83. The molecule has 1 N–H and O–H groups in total. The smallest absolute Gasteiger partial charge is 0.350 e. The highest BCUT2D eigenvalue weighted by molar-refractivity contribution is 7.89. The van der Waals surface area contributed by atoms with E-state index in [1.54, 1.807) is 39.0 Å². The molecule has 0 radical (unpaired) electrons. The third-order valence-corrected chi connectivity index (χ3v) is 7.68. The van der Waals surface area contributed by atoms with Gasteiger partial charge in [0.2, 0.25) is 10.0 Å². The molecule has 12 nitrogen and oxygen atoms in total. The van der Waals surface area contributed by atoms with Crippen molar-refractivity contribution in [1.29, 1.82) is 0 Å². The van der Waals surface area contributed by atoms with Crippen LogP contribution in [0, 0.1) is 12.8 Å². The van der Waals surface area contributed by atoms with Crippen LogP contribution in [0.3, 0.4) is 0 Å². The topological polar surface area (TPSA) is 163 Å². The molecule has 1 unspecified atom stereocenters. The van der Waals surface area contributed by atoms with Crippen molar-refractivity contribution in [2.45, 2.75) is 59.0 Å². The average Bonchev–Trinajstić information content (AvgIpc) is 2.92. The number of allylic oxidation sites excluding steroid dienone is 1. The van der Waals surface area contributed by atoms with E-state index in [0.717, 1.165) is 21.5 Å². The van der Waals surface area contributed by atoms with Crippen molar-refractivity contribution in [2.24, 2.45) is 5.92 Å². The van der Waals surface area contributed by atoms with E-state index in [4.69, 9.17) is 18.9 Å². The van der Waals surface area contributed by atoms with Crippen LogP contribution in [0.4, 0.5) is 0 Å². The molecule has 234 valence electrons. The second-order valence-electron chi connectivity index (χ2n) is 9.25.